The average Bonchev–Trinajstić information content (AvgIpc) is 2.41. The first-order valence-electron chi connectivity index (χ1n) is 6.70. The van der Waals surface area contributed by atoms with E-state index in [0.717, 1.165) is 18.8 Å². The Morgan fingerprint density at radius 1 is 1.56 bits per heavy atom. The molecule has 1 aliphatic carbocycles. The molecule has 0 bridgehead atoms. The summed E-state index contributed by atoms with van der Waals surface area (Å²) >= 11 is 5.93. The maximum Gasteiger partial charge on any atom is 0.129 e. The molecule has 0 radical (unpaired) electrons. The SMILES string of the molecule is CCC1CCCC(C(O)c2cc(Cl)cnc2N)C1. The van der Waals surface area contributed by atoms with Crippen LogP contribution in [-0.2, 0) is 0 Å². The second-order valence-corrected chi connectivity index (χ2v) is 5.71. The Kier molecular flexibility index (Phi) is 4.46. The van der Waals surface area contributed by atoms with Crippen molar-refractivity contribution in [2.45, 2.75) is 45.1 Å². The van der Waals surface area contributed by atoms with Crippen molar-refractivity contribution in [1.82, 2.24) is 4.98 Å². The molecule has 18 heavy (non-hydrogen) atoms. The van der Waals surface area contributed by atoms with Gasteiger partial charge in [0, 0.05) is 11.8 Å². The highest BCUT2D eigenvalue weighted by Crippen LogP contribution is 2.39. The van der Waals surface area contributed by atoms with Gasteiger partial charge in [-0.15, -0.1) is 0 Å². The molecular weight excluding hydrogens is 248 g/mol. The van der Waals surface area contributed by atoms with Gasteiger partial charge in [-0.3, -0.25) is 0 Å². The van der Waals surface area contributed by atoms with E-state index in [1.165, 1.54) is 25.5 Å². The third-order valence-corrected chi connectivity index (χ3v) is 4.29. The van der Waals surface area contributed by atoms with Gasteiger partial charge in [-0.25, -0.2) is 4.98 Å². The van der Waals surface area contributed by atoms with Crippen LogP contribution in [0.4, 0.5) is 5.82 Å². The topological polar surface area (TPSA) is 59.1 Å². The second kappa shape index (κ2) is 5.89. The largest absolute Gasteiger partial charge is 0.388 e. The number of pyridine rings is 1. The Morgan fingerprint density at radius 2 is 2.33 bits per heavy atom. The normalized spacial score (nSPS) is 25.9. The lowest BCUT2D eigenvalue weighted by Crippen LogP contribution is -2.22. The molecule has 4 heteroatoms. The van der Waals surface area contributed by atoms with Crippen molar-refractivity contribution in [3.05, 3.63) is 22.8 Å². The van der Waals surface area contributed by atoms with Gasteiger partial charge in [0.1, 0.15) is 5.82 Å². The summed E-state index contributed by atoms with van der Waals surface area (Å²) in [6.07, 6.45) is 6.77. The number of nitrogens with two attached hydrogens (primary N) is 1. The molecule has 0 saturated heterocycles. The minimum atomic E-state index is -0.537. The lowest BCUT2D eigenvalue weighted by molar-refractivity contribution is 0.0681. The molecule has 1 fully saturated rings. The standard InChI is InChI=1S/C14H21ClN2O/c1-2-9-4-3-5-10(6-9)13(18)12-7-11(15)8-17-14(12)16/h7-10,13,18H,2-6H2,1H3,(H2,16,17). The Labute approximate surface area is 113 Å². The van der Waals surface area contributed by atoms with E-state index in [1.54, 1.807) is 6.07 Å². The fourth-order valence-electron chi connectivity index (χ4n) is 2.95. The number of aromatic nitrogens is 1. The first-order valence-corrected chi connectivity index (χ1v) is 7.08. The minimum absolute atomic E-state index is 0.284. The molecule has 1 aromatic rings. The number of rotatable bonds is 3. The van der Waals surface area contributed by atoms with E-state index in [9.17, 15) is 5.11 Å². The van der Waals surface area contributed by atoms with Crippen molar-refractivity contribution in [2.75, 3.05) is 5.73 Å². The van der Waals surface area contributed by atoms with E-state index in [1.807, 2.05) is 0 Å². The van der Waals surface area contributed by atoms with Crippen molar-refractivity contribution in [2.24, 2.45) is 11.8 Å². The van der Waals surface area contributed by atoms with Crippen molar-refractivity contribution in [1.29, 1.82) is 0 Å². The minimum Gasteiger partial charge on any atom is -0.388 e. The predicted octanol–water partition coefficient (Wildman–Crippen LogP) is 3.57. The van der Waals surface area contributed by atoms with Gasteiger partial charge in [0.2, 0.25) is 0 Å². The molecule has 100 valence electrons. The number of aliphatic hydroxyl groups excluding tert-OH is 1. The number of anilines is 1. The van der Waals surface area contributed by atoms with Crippen molar-refractivity contribution in [3.63, 3.8) is 0 Å². The molecule has 3 atom stereocenters. The molecule has 3 N–H and O–H groups in total. The van der Waals surface area contributed by atoms with E-state index in [-0.39, 0.29) is 5.92 Å². The van der Waals surface area contributed by atoms with Gasteiger partial charge in [-0.05, 0) is 30.7 Å². The Hall–Kier alpha value is -0.800. The zero-order chi connectivity index (χ0) is 13.1. The fourth-order valence-corrected chi connectivity index (χ4v) is 3.11. The Morgan fingerprint density at radius 3 is 3.06 bits per heavy atom. The molecule has 1 aromatic heterocycles. The van der Waals surface area contributed by atoms with Gasteiger partial charge in [0.05, 0.1) is 11.1 Å². The first kappa shape index (κ1) is 13.6. The number of aliphatic hydroxyl groups is 1. The average molecular weight is 269 g/mol. The number of nitrogens with zero attached hydrogens (tertiary/aromatic N) is 1. The van der Waals surface area contributed by atoms with Gasteiger partial charge >= 0.3 is 0 Å². The van der Waals surface area contributed by atoms with Gasteiger partial charge in [0.25, 0.3) is 0 Å². The summed E-state index contributed by atoms with van der Waals surface area (Å²) in [7, 11) is 0. The highest BCUT2D eigenvalue weighted by atomic mass is 35.5. The maximum atomic E-state index is 10.5. The molecule has 0 aliphatic heterocycles. The van der Waals surface area contributed by atoms with Crippen LogP contribution in [0.2, 0.25) is 5.02 Å². The number of hydrogen-bond donors (Lipinski definition) is 2. The van der Waals surface area contributed by atoms with E-state index < -0.39 is 6.10 Å². The Bertz CT molecular complexity index is 411. The predicted molar refractivity (Wildman–Crippen MR) is 74.4 cm³/mol. The molecule has 0 spiro atoms. The van der Waals surface area contributed by atoms with Gasteiger partial charge in [-0.2, -0.15) is 0 Å². The van der Waals surface area contributed by atoms with E-state index >= 15 is 0 Å². The zero-order valence-electron chi connectivity index (χ0n) is 10.8. The zero-order valence-corrected chi connectivity index (χ0v) is 11.5. The lowest BCUT2D eigenvalue weighted by Gasteiger charge is -2.32. The first-order chi connectivity index (χ1) is 8.61. The van der Waals surface area contributed by atoms with Crippen LogP contribution in [0, 0.1) is 11.8 Å². The molecular formula is C14H21ClN2O. The van der Waals surface area contributed by atoms with E-state index in [4.69, 9.17) is 17.3 Å². The van der Waals surface area contributed by atoms with Crippen LogP contribution in [0.25, 0.3) is 0 Å². The highest BCUT2D eigenvalue weighted by Gasteiger charge is 2.28. The summed E-state index contributed by atoms with van der Waals surface area (Å²) in [6, 6.07) is 1.74. The number of halogens is 1. The van der Waals surface area contributed by atoms with E-state index in [2.05, 4.69) is 11.9 Å². The summed E-state index contributed by atoms with van der Waals surface area (Å²) in [4.78, 5) is 4.02. The van der Waals surface area contributed by atoms with Crippen LogP contribution in [0.5, 0.6) is 0 Å². The highest BCUT2D eigenvalue weighted by molar-refractivity contribution is 6.30. The molecule has 3 nitrogen and oxygen atoms in total. The molecule has 1 saturated carbocycles. The molecule has 1 aliphatic rings. The summed E-state index contributed by atoms with van der Waals surface area (Å²) in [6.45, 7) is 2.22. The fraction of sp³-hybridized carbons (Fsp3) is 0.643. The van der Waals surface area contributed by atoms with Crippen LogP contribution >= 0.6 is 11.6 Å². The smallest absolute Gasteiger partial charge is 0.129 e. The third kappa shape index (κ3) is 2.96. The van der Waals surface area contributed by atoms with Gasteiger partial charge in [-0.1, -0.05) is 37.8 Å². The quantitative estimate of drug-likeness (QED) is 0.881. The summed E-state index contributed by atoms with van der Waals surface area (Å²) < 4.78 is 0. The summed E-state index contributed by atoms with van der Waals surface area (Å²) in [5.41, 5.74) is 6.52. The lowest BCUT2D eigenvalue weighted by atomic mass is 9.76. The van der Waals surface area contributed by atoms with Crippen LogP contribution < -0.4 is 5.73 Å². The van der Waals surface area contributed by atoms with Crippen molar-refractivity contribution < 1.29 is 5.11 Å². The molecule has 3 unspecified atom stereocenters. The number of nitrogen functional groups attached to an aromatic ring is 1. The second-order valence-electron chi connectivity index (χ2n) is 5.27. The van der Waals surface area contributed by atoms with Crippen molar-refractivity contribution >= 4 is 17.4 Å². The number of hydrogen-bond acceptors (Lipinski definition) is 3. The van der Waals surface area contributed by atoms with Gasteiger partial charge < -0.3 is 10.8 Å². The Balaban J connectivity index is 2.14. The monoisotopic (exact) mass is 268 g/mol. The third-order valence-electron chi connectivity index (χ3n) is 4.08. The van der Waals surface area contributed by atoms with E-state index in [0.29, 0.717) is 16.4 Å². The van der Waals surface area contributed by atoms with Crippen LogP contribution in [0.3, 0.4) is 0 Å². The molecule has 2 rings (SSSR count). The van der Waals surface area contributed by atoms with Gasteiger partial charge in [0.15, 0.2) is 0 Å². The summed E-state index contributed by atoms with van der Waals surface area (Å²) in [5.74, 6) is 1.41. The molecule has 0 amide bonds. The summed E-state index contributed by atoms with van der Waals surface area (Å²) in [5, 5.41) is 11.0. The van der Waals surface area contributed by atoms with Crippen LogP contribution in [-0.4, -0.2) is 10.1 Å². The maximum absolute atomic E-state index is 10.5. The van der Waals surface area contributed by atoms with Crippen LogP contribution in [0.15, 0.2) is 12.3 Å². The molecule has 1 heterocycles. The van der Waals surface area contributed by atoms with Crippen molar-refractivity contribution in [3.8, 4) is 0 Å². The van der Waals surface area contributed by atoms with Crippen LogP contribution in [0.1, 0.15) is 50.7 Å². The molecule has 0 aromatic carbocycles.